The van der Waals surface area contributed by atoms with Gasteiger partial charge in [0.1, 0.15) is 0 Å². The Kier molecular flexibility index (Phi) is 2.49. The molecule has 2 bridgehead atoms. The molecule has 88 valence electrons. The van der Waals surface area contributed by atoms with Crippen LogP contribution < -0.4 is 5.43 Å². The van der Waals surface area contributed by atoms with Crippen molar-refractivity contribution in [1.82, 2.24) is 5.43 Å². The molecule has 3 fully saturated rings. The third kappa shape index (κ3) is 1.87. The van der Waals surface area contributed by atoms with E-state index in [0.29, 0.717) is 5.92 Å². The maximum Gasteiger partial charge on any atom is 0.243 e. The number of nitrogens with zero attached hydrogens (tertiary/aromatic N) is 1. The van der Waals surface area contributed by atoms with E-state index in [0.717, 1.165) is 30.4 Å². The van der Waals surface area contributed by atoms with Gasteiger partial charge in [-0.05, 0) is 50.9 Å². The molecule has 3 nitrogen and oxygen atoms in total. The Hall–Kier alpha value is -0.860. The largest absolute Gasteiger partial charge is 0.273 e. The van der Waals surface area contributed by atoms with E-state index in [9.17, 15) is 4.79 Å². The molecule has 0 heterocycles. The molecular weight excluding hydrogens is 200 g/mol. The first-order valence-corrected chi connectivity index (χ1v) is 6.58. The van der Waals surface area contributed by atoms with Gasteiger partial charge in [0.2, 0.25) is 5.91 Å². The first-order chi connectivity index (χ1) is 7.74. The van der Waals surface area contributed by atoms with Gasteiger partial charge in [0, 0.05) is 17.5 Å². The Morgan fingerprint density at radius 3 is 2.56 bits per heavy atom. The first kappa shape index (κ1) is 10.3. The molecule has 3 unspecified atom stereocenters. The number of hydrogen-bond donors (Lipinski definition) is 1. The van der Waals surface area contributed by atoms with Gasteiger partial charge in [0.05, 0.1) is 0 Å². The second kappa shape index (κ2) is 3.86. The van der Waals surface area contributed by atoms with Crippen molar-refractivity contribution < 1.29 is 4.79 Å². The van der Waals surface area contributed by atoms with Gasteiger partial charge in [-0.25, -0.2) is 5.43 Å². The lowest BCUT2D eigenvalue weighted by Gasteiger charge is -2.21. The molecule has 0 aliphatic heterocycles. The Labute approximate surface area is 96.7 Å². The van der Waals surface area contributed by atoms with Gasteiger partial charge in [-0.15, -0.1) is 0 Å². The summed E-state index contributed by atoms with van der Waals surface area (Å²) in [6, 6.07) is 0. The van der Waals surface area contributed by atoms with Crippen LogP contribution >= 0.6 is 0 Å². The van der Waals surface area contributed by atoms with Crippen molar-refractivity contribution >= 4 is 11.6 Å². The van der Waals surface area contributed by atoms with Crippen LogP contribution in [-0.2, 0) is 4.79 Å². The molecule has 3 rings (SSSR count). The van der Waals surface area contributed by atoms with Gasteiger partial charge >= 0.3 is 0 Å². The van der Waals surface area contributed by atoms with Gasteiger partial charge in [-0.1, -0.05) is 6.42 Å². The maximum atomic E-state index is 11.5. The third-order valence-corrected chi connectivity index (χ3v) is 4.57. The second-order valence-electron chi connectivity index (χ2n) is 5.78. The van der Waals surface area contributed by atoms with Crippen LogP contribution in [0, 0.1) is 23.7 Å². The standard InChI is InChI=1S/C13H20N2O/c1-8(14-15-13(16)10-4-5-10)12-7-9-2-3-11(12)6-9/h9-12H,2-7H2,1H3,(H,15,16)/b14-8+. The van der Waals surface area contributed by atoms with E-state index in [4.69, 9.17) is 0 Å². The SMILES string of the molecule is C/C(=N\NC(=O)C1CC1)C1CC2CCC1C2. The van der Waals surface area contributed by atoms with Gasteiger partial charge in [-0.3, -0.25) is 4.79 Å². The van der Waals surface area contributed by atoms with Gasteiger partial charge in [0.25, 0.3) is 0 Å². The average molecular weight is 220 g/mol. The van der Waals surface area contributed by atoms with E-state index < -0.39 is 0 Å². The van der Waals surface area contributed by atoms with E-state index in [1.807, 2.05) is 0 Å². The molecule has 0 radical (unpaired) electrons. The molecule has 3 heteroatoms. The highest BCUT2D eigenvalue weighted by Gasteiger charge is 2.40. The summed E-state index contributed by atoms with van der Waals surface area (Å²) in [4.78, 5) is 11.5. The lowest BCUT2D eigenvalue weighted by molar-refractivity contribution is -0.122. The second-order valence-corrected chi connectivity index (χ2v) is 5.78. The van der Waals surface area contributed by atoms with Crippen molar-refractivity contribution in [2.75, 3.05) is 0 Å². The average Bonchev–Trinajstić information content (AvgIpc) is 2.94. The molecule has 3 saturated carbocycles. The number of rotatable bonds is 3. The van der Waals surface area contributed by atoms with Crippen LogP contribution in [0.4, 0.5) is 0 Å². The monoisotopic (exact) mass is 220 g/mol. The van der Waals surface area contributed by atoms with Crippen molar-refractivity contribution in [2.45, 2.75) is 45.4 Å². The summed E-state index contributed by atoms with van der Waals surface area (Å²) in [5.41, 5.74) is 3.88. The van der Waals surface area contributed by atoms with Crippen molar-refractivity contribution in [3.63, 3.8) is 0 Å². The zero-order valence-electron chi connectivity index (χ0n) is 9.91. The topological polar surface area (TPSA) is 41.5 Å². The Balaban J connectivity index is 1.57. The molecule has 1 amide bonds. The number of carbonyl (C=O) groups is 1. The minimum Gasteiger partial charge on any atom is -0.273 e. The van der Waals surface area contributed by atoms with Crippen LogP contribution in [0.2, 0.25) is 0 Å². The van der Waals surface area contributed by atoms with Crippen molar-refractivity contribution in [3.8, 4) is 0 Å². The fourth-order valence-electron chi connectivity index (χ4n) is 3.42. The minimum absolute atomic E-state index is 0.127. The van der Waals surface area contributed by atoms with E-state index in [1.54, 1.807) is 0 Å². The molecule has 3 aliphatic rings. The Morgan fingerprint density at radius 1 is 1.19 bits per heavy atom. The number of carbonyl (C=O) groups excluding carboxylic acids is 1. The smallest absolute Gasteiger partial charge is 0.243 e. The Morgan fingerprint density at radius 2 is 2.00 bits per heavy atom. The fraction of sp³-hybridized carbons (Fsp3) is 0.846. The van der Waals surface area contributed by atoms with E-state index in [1.165, 1.54) is 25.7 Å². The summed E-state index contributed by atoms with van der Waals surface area (Å²) in [5.74, 6) is 2.84. The van der Waals surface area contributed by atoms with Gasteiger partial charge < -0.3 is 0 Å². The molecule has 0 spiro atoms. The molecule has 16 heavy (non-hydrogen) atoms. The highest BCUT2D eigenvalue weighted by atomic mass is 16.2. The van der Waals surface area contributed by atoms with Crippen LogP contribution in [0.5, 0.6) is 0 Å². The minimum atomic E-state index is 0.127. The molecule has 0 saturated heterocycles. The van der Waals surface area contributed by atoms with Gasteiger partial charge in [0.15, 0.2) is 0 Å². The summed E-state index contributed by atoms with van der Waals surface area (Å²) in [6.45, 7) is 2.08. The normalized spacial score (nSPS) is 37.8. The van der Waals surface area contributed by atoms with Crippen LogP contribution in [0.1, 0.15) is 45.4 Å². The summed E-state index contributed by atoms with van der Waals surface area (Å²) in [6.07, 6.45) is 7.60. The van der Waals surface area contributed by atoms with Crippen molar-refractivity contribution in [1.29, 1.82) is 0 Å². The summed E-state index contributed by atoms with van der Waals surface area (Å²) in [5, 5.41) is 4.30. The molecule has 0 aromatic heterocycles. The van der Waals surface area contributed by atoms with Gasteiger partial charge in [-0.2, -0.15) is 5.10 Å². The first-order valence-electron chi connectivity index (χ1n) is 6.58. The molecule has 0 aromatic rings. The fourth-order valence-corrected chi connectivity index (χ4v) is 3.42. The van der Waals surface area contributed by atoms with Crippen LogP contribution in [0.25, 0.3) is 0 Å². The lowest BCUT2D eigenvalue weighted by atomic mass is 9.86. The molecular formula is C13H20N2O. The molecule has 3 atom stereocenters. The summed E-state index contributed by atoms with van der Waals surface area (Å²) in [7, 11) is 0. The van der Waals surface area contributed by atoms with Crippen LogP contribution in [0.15, 0.2) is 5.10 Å². The number of hydrazone groups is 1. The maximum absolute atomic E-state index is 11.5. The predicted molar refractivity (Wildman–Crippen MR) is 62.9 cm³/mol. The molecule has 3 aliphatic carbocycles. The van der Waals surface area contributed by atoms with Crippen molar-refractivity contribution in [3.05, 3.63) is 0 Å². The highest BCUT2D eigenvalue weighted by molar-refractivity contribution is 5.87. The van der Waals surface area contributed by atoms with E-state index >= 15 is 0 Å². The third-order valence-electron chi connectivity index (χ3n) is 4.57. The lowest BCUT2D eigenvalue weighted by Crippen LogP contribution is -2.25. The van der Waals surface area contributed by atoms with Crippen LogP contribution in [0.3, 0.4) is 0 Å². The van der Waals surface area contributed by atoms with Crippen LogP contribution in [-0.4, -0.2) is 11.6 Å². The van der Waals surface area contributed by atoms with Crippen molar-refractivity contribution in [2.24, 2.45) is 28.8 Å². The van der Waals surface area contributed by atoms with E-state index in [-0.39, 0.29) is 11.8 Å². The molecule has 1 N–H and O–H groups in total. The number of hydrogen-bond acceptors (Lipinski definition) is 2. The number of amides is 1. The zero-order chi connectivity index (χ0) is 11.1. The Bertz CT molecular complexity index is 333. The molecule has 0 aromatic carbocycles. The summed E-state index contributed by atoms with van der Waals surface area (Å²) < 4.78 is 0. The zero-order valence-corrected chi connectivity index (χ0v) is 9.91. The quantitative estimate of drug-likeness (QED) is 0.575. The summed E-state index contributed by atoms with van der Waals surface area (Å²) >= 11 is 0. The highest BCUT2D eigenvalue weighted by Crippen LogP contribution is 2.48. The predicted octanol–water partition coefficient (Wildman–Crippen LogP) is 2.32. The van der Waals surface area contributed by atoms with E-state index in [2.05, 4.69) is 17.5 Å². The number of fused-ring (bicyclic) bond motifs is 2. The number of nitrogens with one attached hydrogen (secondary N) is 1.